The summed E-state index contributed by atoms with van der Waals surface area (Å²) in [6, 6.07) is 5.89. The molecule has 0 aliphatic carbocycles. The topological polar surface area (TPSA) is 47.6 Å². The number of benzene rings is 1. The van der Waals surface area contributed by atoms with Gasteiger partial charge in [0.1, 0.15) is 12.4 Å². The first-order valence-electron chi connectivity index (χ1n) is 5.75. The highest BCUT2D eigenvalue weighted by atomic mass is 19.1. The van der Waals surface area contributed by atoms with E-state index in [1.54, 1.807) is 26.2 Å². The fourth-order valence-electron chi connectivity index (χ4n) is 1.45. The average molecular weight is 255 g/mol. The van der Waals surface area contributed by atoms with Crippen LogP contribution in [0.25, 0.3) is 0 Å². The van der Waals surface area contributed by atoms with E-state index < -0.39 is 0 Å². The monoisotopic (exact) mass is 255 g/mol. The lowest BCUT2D eigenvalue weighted by Gasteiger charge is -2.14. The summed E-state index contributed by atoms with van der Waals surface area (Å²) in [6.45, 7) is 2.59. The molecule has 0 saturated heterocycles. The van der Waals surface area contributed by atoms with Crippen LogP contribution < -0.4 is 5.32 Å². The fraction of sp³-hybridized carbons (Fsp3) is 0.462. The van der Waals surface area contributed by atoms with Gasteiger partial charge in [0.15, 0.2) is 0 Å². The number of hydrogen-bond acceptors (Lipinski definition) is 3. The molecule has 0 fully saturated rings. The molecule has 1 aromatic carbocycles. The summed E-state index contributed by atoms with van der Waals surface area (Å²) < 4.78 is 22.9. The Morgan fingerprint density at radius 1 is 1.44 bits per heavy atom. The molecule has 0 heterocycles. The second-order valence-electron chi connectivity index (χ2n) is 3.89. The van der Waals surface area contributed by atoms with Gasteiger partial charge in [-0.15, -0.1) is 0 Å². The molecule has 0 unspecified atom stereocenters. The maximum atomic E-state index is 13.0. The second-order valence-corrected chi connectivity index (χ2v) is 3.89. The number of nitrogens with one attached hydrogen (secondary N) is 1. The minimum Gasteiger partial charge on any atom is -0.382 e. The Labute approximate surface area is 106 Å². The highest BCUT2D eigenvalue weighted by Crippen LogP contribution is 2.13. The number of halogens is 1. The van der Waals surface area contributed by atoms with Gasteiger partial charge in [0, 0.05) is 7.11 Å². The van der Waals surface area contributed by atoms with Crippen molar-refractivity contribution < 1.29 is 18.7 Å². The van der Waals surface area contributed by atoms with Crippen molar-refractivity contribution in [3.63, 3.8) is 0 Å². The van der Waals surface area contributed by atoms with Crippen molar-refractivity contribution in [1.82, 2.24) is 5.32 Å². The molecule has 1 aromatic rings. The van der Waals surface area contributed by atoms with Gasteiger partial charge in [0.2, 0.25) is 5.91 Å². The molecule has 0 saturated carbocycles. The number of carbonyl (C=O) groups is 1. The zero-order valence-corrected chi connectivity index (χ0v) is 10.6. The predicted molar refractivity (Wildman–Crippen MR) is 65.7 cm³/mol. The smallest absolute Gasteiger partial charge is 0.246 e. The van der Waals surface area contributed by atoms with E-state index in [-0.39, 0.29) is 24.4 Å². The number of ether oxygens (including phenoxy) is 2. The van der Waals surface area contributed by atoms with Crippen molar-refractivity contribution in [1.29, 1.82) is 0 Å². The van der Waals surface area contributed by atoms with Crippen molar-refractivity contribution in [2.75, 3.05) is 26.9 Å². The molecular weight excluding hydrogens is 237 g/mol. The first-order chi connectivity index (χ1) is 8.63. The zero-order valence-electron chi connectivity index (χ0n) is 10.6. The summed E-state index contributed by atoms with van der Waals surface area (Å²) in [5, 5.41) is 2.73. The molecule has 1 N–H and O–H groups in total. The predicted octanol–water partition coefficient (Wildman–Crippen LogP) is 1.67. The van der Waals surface area contributed by atoms with Crippen molar-refractivity contribution in [2.24, 2.45) is 0 Å². The van der Waals surface area contributed by atoms with Crippen LogP contribution in [0, 0.1) is 5.82 Å². The van der Waals surface area contributed by atoms with E-state index in [1.165, 1.54) is 12.1 Å². The van der Waals surface area contributed by atoms with Crippen molar-refractivity contribution in [3.05, 3.63) is 35.6 Å². The van der Waals surface area contributed by atoms with Crippen LogP contribution in [0.1, 0.15) is 18.5 Å². The lowest BCUT2D eigenvalue weighted by atomic mass is 10.1. The molecule has 0 aliphatic rings. The Bertz CT molecular complexity index is 384. The van der Waals surface area contributed by atoms with E-state index in [1.807, 2.05) is 0 Å². The van der Waals surface area contributed by atoms with Crippen LogP contribution >= 0.6 is 0 Å². The highest BCUT2D eigenvalue weighted by Gasteiger charge is 2.09. The van der Waals surface area contributed by atoms with E-state index in [0.29, 0.717) is 13.2 Å². The molecule has 0 radical (unpaired) electrons. The molecule has 4 nitrogen and oxygen atoms in total. The number of rotatable bonds is 7. The minimum absolute atomic E-state index is 0.0248. The van der Waals surface area contributed by atoms with Crippen LogP contribution in [-0.2, 0) is 14.3 Å². The summed E-state index contributed by atoms with van der Waals surface area (Å²) in [7, 11) is 1.56. The van der Waals surface area contributed by atoms with Crippen LogP contribution in [0.5, 0.6) is 0 Å². The van der Waals surface area contributed by atoms with E-state index in [2.05, 4.69) is 5.32 Å². The number of hydrogen-bond donors (Lipinski definition) is 1. The third kappa shape index (κ3) is 5.25. The van der Waals surface area contributed by atoms with E-state index >= 15 is 0 Å². The minimum atomic E-state index is -0.315. The summed E-state index contributed by atoms with van der Waals surface area (Å²) >= 11 is 0. The molecule has 0 aliphatic heterocycles. The molecule has 100 valence electrons. The van der Waals surface area contributed by atoms with Gasteiger partial charge in [0.05, 0.1) is 19.3 Å². The Hall–Kier alpha value is -1.46. The largest absolute Gasteiger partial charge is 0.382 e. The first kappa shape index (κ1) is 14.6. The van der Waals surface area contributed by atoms with Gasteiger partial charge in [-0.25, -0.2) is 4.39 Å². The summed E-state index contributed by atoms with van der Waals surface area (Å²) in [4.78, 5) is 11.5. The standard InChI is InChI=1S/C13H18FNO3/c1-10(11-4-3-5-12(14)8-11)15-13(16)9-18-7-6-17-2/h3-5,8,10H,6-7,9H2,1-2H3,(H,15,16)/t10-/m0/s1. The van der Waals surface area contributed by atoms with E-state index in [9.17, 15) is 9.18 Å². The molecule has 0 spiro atoms. The van der Waals surface area contributed by atoms with Crippen LogP contribution in [0.4, 0.5) is 4.39 Å². The lowest BCUT2D eigenvalue weighted by Crippen LogP contribution is -2.30. The summed E-state index contributed by atoms with van der Waals surface area (Å²) in [6.07, 6.45) is 0. The lowest BCUT2D eigenvalue weighted by molar-refractivity contribution is -0.126. The van der Waals surface area contributed by atoms with Crippen LogP contribution in [0.3, 0.4) is 0 Å². The molecule has 1 atom stereocenters. The van der Waals surface area contributed by atoms with Crippen LogP contribution in [0.15, 0.2) is 24.3 Å². The van der Waals surface area contributed by atoms with Gasteiger partial charge >= 0.3 is 0 Å². The number of methoxy groups -OCH3 is 1. The normalized spacial score (nSPS) is 12.2. The molecular formula is C13H18FNO3. The fourth-order valence-corrected chi connectivity index (χ4v) is 1.45. The third-order valence-electron chi connectivity index (χ3n) is 2.39. The molecule has 0 bridgehead atoms. The second kappa shape index (κ2) is 7.79. The van der Waals surface area contributed by atoms with Crippen LogP contribution in [0.2, 0.25) is 0 Å². The number of amides is 1. The van der Waals surface area contributed by atoms with Crippen LogP contribution in [-0.4, -0.2) is 32.8 Å². The SMILES string of the molecule is COCCOCC(=O)N[C@@H](C)c1cccc(F)c1. The van der Waals surface area contributed by atoms with Gasteiger partial charge in [-0.2, -0.15) is 0 Å². The Balaban J connectivity index is 2.35. The summed E-state index contributed by atoms with van der Waals surface area (Å²) in [5.74, 6) is -0.548. The number of carbonyl (C=O) groups excluding carboxylic acids is 1. The third-order valence-corrected chi connectivity index (χ3v) is 2.39. The van der Waals surface area contributed by atoms with Gasteiger partial charge in [-0.3, -0.25) is 4.79 Å². The zero-order chi connectivity index (χ0) is 13.4. The highest BCUT2D eigenvalue weighted by molar-refractivity contribution is 5.77. The van der Waals surface area contributed by atoms with Gasteiger partial charge < -0.3 is 14.8 Å². The van der Waals surface area contributed by atoms with Gasteiger partial charge in [-0.05, 0) is 24.6 Å². The first-order valence-corrected chi connectivity index (χ1v) is 5.75. The summed E-state index contributed by atoms with van der Waals surface area (Å²) in [5.41, 5.74) is 0.722. The van der Waals surface area contributed by atoms with E-state index in [4.69, 9.17) is 9.47 Å². The van der Waals surface area contributed by atoms with Crippen molar-refractivity contribution in [2.45, 2.75) is 13.0 Å². The Morgan fingerprint density at radius 2 is 2.22 bits per heavy atom. The van der Waals surface area contributed by atoms with Crippen molar-refractivity contribution >= 4 is 5.91 Å². The molecule has 1 rings (SSSR count). The van der Waals surface area contributed by atoms with Gasteiger partial charge in [0.25, 0.3) is 0 Å². The quantitative estimate of drug-likeness (QED) is 0.754. The van der Waals surface area contributed by atoms with E-state index in [0.717, 1.165) is 5.56 Å². The Morgan fingerprint density at radius 3 is 2.89 bits per heavy atom. The average Bonchev–Trinajstić information content (AvgIpc) is 2.34. The molecule has 0 aromatic heterocycles. The molecule has 5 heteroatoms. The Kier molecular flexibility index (Phi) is 6.32. The maximum absolute atomic E-state index is 13.0. The molecule has 18 heavy (non-hydrogen) atoms. The molecule has 1 amide bonds. The van der Waals surface area contributed by atoms with Crippen molar-refractivity contribution in [3.8, 4) is 0 Å². The van der Waals surface area contributed by atoms with Gasteiger partial charge in [-0.1, -0.05) is 12.1 Å². The maximum Gasteiger partial charge on any atom is 0.246 e.